The number of likely N-dealkylation sites (N-methyl/N-ethyl adjacent to an activating group) is 1. The molecule has 29 heavy (non-hydrogen) atoms. The van der Waals surface area contributed by atoms with E-state index in [0.29, 0.717) is 26.0 Å². The Kier molecular flexibility index (Phi) is 9.22. The van der Waals surface area contributed by atoms with Crippen LogP contribution in [-0.2, 0) is 20.8 Å². The number of halogens is 2. The highest BCUT2D eigenvalue weighted by atomic mass is 19.2. The van der Waals surface area contributed by atoms with Gasteiger partial charge in [-0.3, -0.25) is 10.1 Å². The molecule has 2 N–H and O–H groups in total. The predicted molar refractivity (Wildman–Crippen MR) is 105 cm³/mol. The Morgan fingerprint density at radius 3 is 2.52 bits per heavy atom. The normalized spacial score (nSPS) is 15.2. The Hall–Kier alpha value is -1.81. The summed E-state index contributed by atoms with van der Waals surface area (Å²) in [5.41, 5.74) is -0.478. The number of benzene rings is 1. The lowest BCUT2D eigenvalue weighted by Crippen LogP contribution is -2.59. The highest BCUT2D eigenvalue weighted by molar-refractivity contribution is 5.81. The predicted octanol–water partition coefficient (Wildman–Crippen LogP) is 1.65. The molecule has 0 saturated heterocycles. The average molecular weight is 415 g/mol. The maximum atomic E-state index is 14.3. The molecule has 9 heteroatoms. The quantitative estimate of drug-likeness (QED) is 0.288. The molecule has 1 aliphatic carbocycles. The van der Waals surface area contributed by atoms with Crippen molar-refractivity contribution >= 4 is 5.97 Å². The number of rotatable bonds is 13. The number of nitrogens with zero attached hydrogens (tertiary/aromatic N) is 1. The highest BCUT2D eigenvalue weighted by Crippen LogP contribution is 2.32. The van der Waals surface area contributed by atoms with Crippen LogP contribution in [0, 0.1) is 11.6 Å². The second-order valence-corrected chi connectivity index (χ2v) is 7.20. The second-order valence-electron chi connectivity index (χ2n) is 7.20. The van der Waals surface area contributed by atoms with Crippen molar-refractivity contribution in [3.05, 3.63) is 29.3 Å². The van der Waals surface area contributed by atoms with E-state index in [1.807, 2.05) is 11.9 Å². The molecule has 0 aliphatic heterocycles. The zero-order valence-electron chi connectivity index (χ0n) is 17.4. The summed E-state index contributed by atoms with van der Waals surface area (Å²) in [5, 5.41) is 6.10. The third kappa shape index (κ3) is 6.33. The largest absolute Gasteiger partial charge is 0.489 e. The van der Waals surface area contributed by atoms with Gasteiger partial charge in [-0.1, -0.05) is 6.07 Å². The molecule has 0 radical (unpaired) electrons. The van der Waals surface area contributed by atoms with Gasteiger partial charge in [0.2, 0.25) is 5.82 Å². The number of carbonyl (C=O) groups is 1. The van der Waals surface area contributed by atoms with Gasteiger partial charge >= 0.3 is 5.97 Å². The molecule has 0 amide bonds. The van der Waals surface area contributed by atoms with Gasteiger partial charge in [-0.2, -0.15) is 4.39 Å². The van der Waals surface area contributed by atoms with Gasteiger partial charge in [-0.25, -0.2) is 4.39 Å². The van der Waals surface area contributed by atoms with E-state index in [2.05, 4.69) is 10.6 Å². The summed E-state index contributed by atoms with van der Waals surface area (Å²) in [6.07, 6.45) is 2.36. The summed E-state index contributed by atoms with van der Waals surface area (Å²) in [6.45, 7) is 2.54. The lowest BCUT2D eigenvalue weighted by atomic mass is 9.77. The Morgan fingerprint density at radius 2 is 1.90 bits per heavy atom. The van der Waals surface area contributed by atoms with E-state index in [9.17, 15) is 13.6 Å². The zero-order valence-corrected chi connectivity index (χ0v) is 17.4. The van der Waals surface area contributed by atoms with Gasteiger partial charge in [0.15, 0.2) is 11.6 Å². The topological polar surface area (TPSA) is 72.1 Å². The maximum absolute atomic E-state index is 14.3. The number of ether oxygens (including phenoxy) is 3. The molecule has 0 heterocycles. The van der Waals surface area contributed by atoms with E-state index in [1.54, 1.807) is 7.11 Å². The summed E-state index contributed by atoms with van der Waals surface area (Å²) >= 11 is 0. The Morgan fingerprint density at radius 1 is 1.17 bits per heavy atom. The first-order valence-electron chi connectivity index (χ1n) is 9.75. The van der Waals surface area contributed by atoms with Crippen LogP contribution >= 0.6 is 0 Å². The van der Waals surface area contributed by atoms with E-state index in [1.165, 1.54) is 19.2 Å². The lowest BCUT2D eigenvalue weighted by Gasteiger charge is -2.39. The van der Waals surface area contributed by atoms with Crippen molar-refractivity contribution < 1.29 is 27.8 Å². The first-order chi connectivity index (χ1) is 13.9. The number of hydrogen-bond donors (Lipinski definition) is 2. The summed E-state index contributed by atoms with van der Waals surface area (Å²) in [5.74, 6) is -2.34. The molecular formula is C20H31F2N3O4. The van der Waals surface area contributed by atoms with Crippen molar-refractivity contribution in [2.24, 2.45) is 0 Å². The molecule has 1 aromatic rings. The molecule has 0 bridgehead atoms. The molecule has 7 nitrogen and oxygen atoms in total. The first kappa shape index (κ1) is 23.5. The fraction of sp³-hybridized carbons (Fsp3) is 0.650. The minimum atomic E-state index is -0.998. The average Bonchev–Trinajstić information content (AvgIpc) is 2.69. The Labute approximate surface area is 170 Å². The number of carbonyl (C=O) groups excluding carboxylic acids is 1. The van der Waals surface area contributed by atoms with Crippen molar-refractivity contribution in [1.82, 2.24) is 15.5 Å². The van der Waals surface area contributed by atoms with Gasteiger partial charge in [-0.15, -0.1) is 0 Å². The van der Waals surface area contributed by atoms with E-state index >= 15 is 0 Å². The fourth-order valence-corrected chi connectivity index (χ4v) is 3.10. The molecule has 1 aliphatic rings. The van der Waals surface area contributed by atoms with Crippen LogP contribution in [0.3, 0.4) is 0 Å². The minimum absolute atomic E-state index is 0.108. The van der Waals surface area contributed by atoms with Crippen LogP contribution < -0.4 is 15.4 Å². The van der Waals surface area contributed by atoms with Gasteiger partial charge in [0, 0.05) is 39.0 Å². The van der Waals surface area contributed by atoms with Gasteiger partial charge in [0.25, 0.3) is 0 Å². The number of nitrogens with one attached hydrogen (secondary N) is 2. The van der Waals surface area contributed by atoms with Gasteiger partial charge in [0.1, 0.15) is 12.1 Å². The summed E-state index contributed by atoms with van der Waals surface area (Å²) in [4.78, 5) is 13.8. The molecule has 164 valence electrons. The van der Waals surface area contributed by atoms with E-state index < -0.39 is 17.2 Å². The van der Waals surface area contributed by atoms with E-state index in [-0.39, 0.29) is 37.1 Å². The molecule has 1 saturated carbocycles. The molecule has 1 fully saturated rings. The molecule has 0 atom stereocenters. The van der Waals surface area contributed by atoms with Crippen LogP contribution in [0.4, 0.5) is 8.78 Å². The lowest BCUT2D eigenvalue weighted by molar-refractivity contribution is -0.152. The number of esters is 1. The second kappa shape index (κ2) is 11.4. The number of hydrogen-bond acceptors (Lipinski definition) is 7. The van der Waals surface area contributed by atoms with Crippen molar-refractivity contribution in [3.8, 4) is 5.75 Å². The third-order valence-corrected chi connectivity index (χ3v) is 5.19. The van der Waals surface area contributed by atoms with E-state index in [4.69, 9.17) is 14.2 Å². The van der Waals surface area contributed by atoms with Crippen LogP contribution in [0.2, 0.25) is 0 Å². The Balaban J connectivity index is 1.79. The van der Waals surface area contributed by atoms with Crippen LogP contribution in [-0.4, -0.2) is 70.6 Å². The van der Waals surface area contributed by atoms with Gasteiger partial charge in [-0.05, 0) is 32.4 Å². The summed E-state index contributed by atoms with van der Waals surface area (Å²) in [7, 11) is 4.88. The molecule has 0 spiro atoms. The third-order valence-electron chi connectivity index (χ3n) is 5.19. The molecule has 1 aromatic carbocycles. The smallest absolute Gasteiger partial charge is 0.326 e. The molecule has 2 rings (SSSR count). The summed E-state index contributed by atoms with van der Waals surface area (Å²) < 4.78 is 43.8. The fourth-order valence-electron chi connectivity index (χ4n) is 3.10. The highest BCUT2D eigenvalue weighted by Gasteiger charge is 2.44. The molecule has 0 aromatic heterocycles. The number of methoxy groups -OCH3 is 2. The van der Waals surface area contributed by atoms with Crippen molar-refractivity contribution in [1.29, 1.82) is 0 Å². The summed E-state index contributed by atoms with van der Waals surface area (Å²) in [6, 6.07) is 2.93. The van der Waals surface area contributed by atoms with Crippen molar-refractivity contribution in [2.45, 2.75) is 31.3 Å². The first-order valence-corrected chi connectivity index (χ1v) is 9.75. The van der Waals surface area contributed by atoms with Crippen LogP contribution in [0.1, 0.15) is 24.8 Å². The SMILES string of the molecule is COCCN(C)CCOc1ccc(CNCNC2(C(=O)OC)CCC2)c(F)c1F. The monoisotopic (exact) mass is 415 g/mol. The van der Waals surface area contributed by atoms with Crippen molar-refractivity contribution in [2.75, 3.05) is 54.2 Å². The van der Waals surface area contributed by atoms with Crippen LogP contribution in [0.15, 0.2) is 12.1 Å². The van der Waals surface area contributed by atoms with E-state index in [0.717, 1.165) is 13.0 Å². The van der Waals surface area contributed by atoms with Crippen LogP contribution in [0.5, 0.6) is 5.75 Å². The van der Waals surface area contributed by atoms with Gasteiger partial charge < -0.3 is 24.4 Å². The Bertz CT molecular complexity index is 671. The van der Waals surface area contributed by atoms with Crippen LogP contribution in [0.25, 0.3) is 0 Å². The molecule has 0 unspecified atom stereocenters. The maximum Gasteiger partial charge on any atom is 0.326 e. The van der Waals surface area contributed by atoms with Crippen molar-refractivity contribution in [3.63, 3.8) is 0 Å². The minimum Gasteiger partial charge on any atom is -0.489 e. The standard InChI is InChI=1S/C20H31F2N3O4/c1-25(9-11-27-2)10-12-29-16-6-5-15(17(21)18(16)22)13-23-14-24-20(7-4-8-20)19(26)28-3/h5-6,23-24H,4,7-14H2,1-3H3. The molecular weight excluding hydrogens is 384 g/mol. The van der Waals surface area contributed by atoms with Gasteiger partial charge in [0.05, 0.1) is 13.7 Å². The zero-order chi connectivity index (χ0) is 21.3.